The van der Waals surface area contributed by atoms with E-state index in [-0.39, 0.29) is 24.1 Å². The molecule has 0 aliphatic rings. The third-order valence-corrected chi connectivity index (χ3v) is 2.70. The highest BCUT2D eigenvalue weighted by atomic mass is 16.5. The summed E-state index contributed by atoms with van der Waals surface area (Å²) < 4.78 is 4.91. The Bertz CT molecular complexity index is 465. The number of aldehydes is 1. The summed E-state index contributed by atoms with van der Waals surface area (Å²) in [6.07, 6.45) is 2.08. The number of benzene rings is 1. The molecule has 0 aliphatic heterocycles. The molecule has 102 valence electrons. The monoisotopic (exact) mass is 264 g/mol. The van der Waals surface area contributed by atoms with Crippen molar-refractivity contribution in [3.05, 3.63) is 41.6 Å². The second-order valence-corrected chi connectivity index (χ2v) is 4.03. The average molecular weight is 264 g/mol. The first-order valence-electron chi connectivity index (χ1n) is 6.00. The largest absolute Gasteiger partial charge is 0.508 e. The number of quaternary nitrogens is 1. The van der Waals surface area contributed by atoms with Gasteiger partial charge in [0.2, 0.25) is 0 Å². The third-order valence-electron chi connectivity index (χ3n) is 2.70. The highest BCUT2D eigenvalue weighted by Gasteiger charge is 2.22. The number of hydrogen-bond acceptors (Lipinski definition) is 4. The van der Waals surface area contributed by atoms with E-state index in [1.807, 2.05) is 0 Å². The number of esters is 1. The summed E-state index contributed by atoms with van der Waals surface area (Å²) in [6.45, 7) is 2.05. The summed E-state index contributed by atoms with van der Waals surface area (Å²) >= 11 is 0. The van der Waals surface area contributed by atoms with E-state index in [0.29, 0.717) is 18.6 Å². The predicted molar refractivity (Wildman–Crippen MR) is 69.1 cm³/mol. The molecule has 0 bridgehead atoms. The minimum atomic E-state index is -0.346. The zero-order chi connectivity index (χ0) is 14.3. The molecule has 1 rings (SSSR count). The highest BCUT2D eigenvalue weighted by molar-refractivity contribution is 5.72. The van der Waals surface area contributed by atoms with E-state index < -0.39 is 0 Å². The van der Waals surface area contributed by atoms with E-state index in [4.69, 9.17) is 4.74 Å². The van der Waals surface area contributed by atoms with E-state index in [2.05, 4.69) is 5.73 Å². The molecule has 19 heavy (non-hydrogen) atoms. The molecule has 0 spiro atoms. The Hall–Kier alpha value is -2.14. The molecular formula is C14H18NO4+. The van der Waals surface area contributed by atoms with Crippen LogP contribution in [0.15, 0.2) is 36.0 Å². The molecule has 1 atom stereocenters. The van der Waals surface area contributed by atoms with Gasteiger partial charge in [0.1, 0.15) is 17.7 Å². The summed E-state index contributed by atoms with van der Waals surface area (Å²) in [5.74, 6) is -0.533. The maximum Gasteiger partial charge on any atom is 0.306 e. The zero-order valence-electron chi connectivity index (χ0n) is 10.8. The normalized spacial score (nSPS) is 12.8. The smallest absolute Gasteiger partial charge is 0.306 e. The Kier molecular flexibility index (Phi) is 5.75. The fourth-order valence-corrected chi connectivity index (χ4v) is 1.76. The van der Waals surface area contributed by atoms with Crippen LogP contribution in [0, 0.1) is 0 Å². The van der Waals surface area contributed by atoms with Crippen molar-refractivity contribution in [2.45, 2.75) is 19.3 Å². The quantitative estimate of drug-likeness (QED) is 0.450. The Morgan fingerprint density at radius 1 is 1.42 bits per heavy atom. The Labute approximate surface area is 111 Å². The molecule has 0 heterocycles. The van der Waals surface area contributed by atoms with Crippen molar-refractivity contribution in [2.24, 2.45) is 0 Å². The van der Waals surface area contributed by atoms with Gasteiger partial charge in [-0.3, -0.25) is 9.59 Å². The highest BCUT2D eigenvalue weighted by Crippen LogP contribution is 2.26. The molecule has 1 aromatic rings. The molecule has 0 aromatic heterocycles. The van der Waals surface area contributed by atoms with Crippen molar-refractivity contribution in [1.29, 1.82) is 0 Å². The van der Waals surface area contributed by atoms with Crippen molar-refractivity contribution in [3.8, 4) is 5.75 Å². The number of hydrogen-bond donors (Lipinski definition) is 2. The van der Waals surface area contributed by atoms with Gasteiger partial charge in [0.15, 0.2) is 0 Å². The number of carbonyl (C=O) groups excluding carboxylic acids is 2. The fraction of sp³-hybridized carbons (Fsp3) is 0.286. The lowest BCUT2D eigenvalue weighted by Crippen LogP contribution is -2.50. The second-order valence-electron chi connectivity index (χ2n) is 4.03. The third kappa shape index (κ3) is 4.56. The minimum absolute atomic E-state index is 0.113. The molecule has 0 saturated carbocycles. The van der Waals surface area contributed by atoms with Crippen molar-refractivity contribution in [1.82, 2.24) is 0 Å². The van der Waals surface area contributed by atoms with Gasteiger partial charge in [-0.05, 0) is 24.6 Å². The number of phenolic OH excluding ortho intramolecular Hbond substituents is 1. The van der Waals surface area contributed by atoms with Gasteiger partial charge >= 0.3 is 5.97 Å². The number of allylic oxidation sites excluding steroid dienone is 2. The van der Waals surface area contributed by atoms with Gasteiger partial charge in [-0.15, -0.1) is 0 Å². The molecule has 0 aliphatic carbocycles. The lowest BCUT2D eigenvalue weighted by Gasteiger charge is -2.14. The van der Waals surface area contributed by atoms with Crippen LogP contribution in [0.1, 0.15) is 24.8 Å². The van der Waals surface area contributed by atoms with Gasteiger partial charge in [-0.2, -0.15) is 0 Å². The average Bonchev–Trinajstić information content (AvgIpc) is 2.38. The van der Waals surface area contributed by atoms with Crippen molar-refractivity contribution in [2.75, 3.05) is 6.61 Å². The molecular weight excluding hydrogens is 246 g/mol. The van der Waals surface area contributed by atoms with Crippen molar-refractivity contribution >= 4 is 12.3 Å². The Morgan fingerprint density at radius 3 is 2.58 bits per heavy atom. The zero-order valence-corrected chi connectivity index (χ0v) is 10.8. The van der Waals surface area contributed by atoms with Crippen LogP contribution in [0.25, 0.3) is 0 Å². The molecule has 0 radical (unpaired) electrons. The lowest BCUT2D eigenvalue weighted by molar-refractivity contribution is -0.310. The van der Waals surface area contributed by atoms with E-state index in [0.717, 1.165) is 5.56 Å². The number of aromatic hydroxyl groups is 1. The van der Waals surface area contributed by atoms with Gasteiger partial charge < -0.3 is 15.6 Å². The predicted octanol–water partition coefficient (Wildman–Crippen LogP) is 0.754. The van der Waals surface area contributed by atoms with Crippen LogP contribution in [-0.4, -0.2) is 24.0 Å². The second kappa shape index (κ2) is 7.33. The molecule has 0 saturated heterocycles. The van der Waals surface area contributed by atoms with Crippen LogP contribution in [0.5, 0.6) is 5.75 Å². The molecule has 4 N–H and O–H groups in total. The molecule has 0 fully saturated rings. The van der Waals surface area contributed by atoms with E-state index in [1.165, 1.54) is 18.2 Å². The number of carbonyl (C=O) groups is 2. The topological polar surface area (TPSA) is 91.2 Å². The summed E-state index contributed by atoms with van der Waals surface area (Å²) in [6, 6.07) is 6.45. The Balaban J connectivity index is 2.98. The van der Waals surface area contributed by atoms with Crippen LogP contribution in [0.2, 0.25) is 0 Å². The number of rotatable bonds is 6. The van der Waals surface area contributed by atoms with Crippen LogP contribution < -0.4 is 5.73 Å². The minimum Gasteiger partial charge on any atom is -0.508 e. The van der Waals surface area contributed by atoms with Gasteiger partial charge in [-0.25, -0.2) is 0 Å². The first-order valence-corrected chi connectivity index (χ1v) is 6.00. The summed E-state index contributed by atoms with van der Waals surface area (Å²) in [5, 5.41) is 9.27. The van der Waals surface area contributed by atoms with E-state index in [1.54, 1.807) is 19.1 Å². The number of phenols is 1. The molecule has 0 amide bonds. The molecule has 5 nitrogen and oxygen atoms in total. The summed E-state index contributed by atoms with van der Waals surface area (Å²) in [5.41, 5.74) is 5.14. The van der Waals surface area contributed by atoms with Gasteiger partial charge in [0, 0.05) is 6.08 Å². The van der Waals surface area contributed by atoms with Crippen LogP contribution in [0.4, 0.5) is 0 Å². The molecule has 1 aromatic carbocycles. The van der Waals surface area contributed by atoms with Crippen LogP contribution in [0.3, 0.4) is 0 Å². The number of ether oxygens (including phenoxy) is 1. The Morgan fingerprint density at radius 2 is 2.05 bits per heavy atom. The van der Waals surface area contributed by atoms with E-state index in [9.17, 15) is 14.7 Å². The van der Waals surface area contributed by atoms with Crippen molar-refractivity contribution < 1.29 is 25.2 Å². The van der Waals surface area contributed by atoms with Crippen LogP contribution in [-0.2, 0) is 14.3 Å². The van der Waals surface area contributed by atoms with Gasteiger partial charge in [0.05, 0.1) is 18.9 Å². The fourth-order valence-electron chi connectivity index (χ4n) is 1.76. The van der Waals surface area contributed by atoms with E-state index >= 15 is 0 Å². The SMILES string of the molecule is CCOC(=O)C[C@H](C([NH3+])=CC=O)c1ccc(O)cc1. The maximum absolute atomic E-state index is 11.6. The summed E-state index contributed by atoms with van der Waals surface area (Å²) in [4.78, 5) is 22.1. The standard InChI is InChI=1S/C14H17NO4/c1-2-19-14(18)9-12(13(15)7-8-16)10-3-5-11(17)6-4-10/h3-8,12,17H,2,9,15H2,1H3/p+1/t12-/m0/s1. The van der Waals surface area contributed by atoms with Gasteiger partial charge in [0.25, 0.3) is 0 Å². The van der Waals surface area contributed by atoms with Crippen molar-refractivity contribution in [3.63, 3.8) is 0 Å². The first-order chi connectivity index (χ1) is 9.08. The molecule has 5 heteroatoms. The first kappa shape index (κ1) is 14.9. The maximum atomic E-state index is 11.6. The molecule has 0 unspecified atom stereocenters. The lowest BCUT2D eigenvalue weighted by atomic mass is 9.92. The van der Waals surface area contributed by atoms with Gasteiger partial charge in [-0.1, -0.05) is 12.1 Å². The summed E-state index contributed by atoms with van der Waals surface area (Å²) in [7, 11) is 0. The van der Waals surface area contributed by atoms with Crippen LogP contribution >= 0.6 is 0 Å².